The average Bonchev–Trinajstić information content (AvgIpc) is 3.13. The Balaban J connectivity index is 0.00000192. The lowest BCUT2D eigenvalue weighted by Gasteiger charge is -2.16. The van der Waals surface area contributed by atoms with E-state index in [-0.39, 0.29) is 24.4 Å². The maximum absolute atomic E-state index is 12.7. The average molecular weight is 400 g/mol. The third kappa shape index (κ3) is 3.59. The number of hydrogen-bond acceptors (Lipinski definition) is 3. The first-order valence-electron chi connectivity index (χ1n) is 7.48. The zero-order valence-corrected chi connectivity index (χ0v) is 15.3. The van der Waals surface area contributed by atoms with Crippen LogP contribution in [-0.4, -0.2) is 39.7 Å². The third-order valence-electron chi connectivity index (χ3n) is 4.02. The van der Waals surface area contributed by atoms with Crippen molar-refractivity contribution >= 4 is 34.2 Å². The van der Waals surface area contributed by atoms with Crippen LogP contribution < -0.4 is 5.73 Å². The minimum absolute atomic E-state index is 0. The zero-order chi connectivity index (χ0) is 15.7. The molecule has 2 heterocycles. The van der Waals surface area contributed by atoms with E-state index < -0.39 is 0 Å². The van der Waals surface area contributed by atoms with Gasteiger partial charge in [-0.2, -0.15) is 5.10 Å². The second-order valence-electron chi connectivity index (χ2n) is 5.55. The van der Waals surface area contributed by atoms with Crippen LogP contribution >= 0.6 is 28.3 Å². The summed E-state index contributed by atoms with van der Waals surface area (Å²) in [6, 6.07) is 8.00. The van der Waals surface area contributed by atoms with Crippen molar-refractivity contribution in [2.45, 2.75) is 25.8 Å². The molecule has 1 aromatic carbocycles. The second-order valence-corrected chi connectivity index (χ2v) is 6.46. The van der Waals surface area contributed by atoms with Crippen molar-refractivity contribution in [3.8, 4) is 5.69 Å². The zero-order valence-electron chi connectivity index (χ0n) is 12.9. The summed E-state index contributed by atoms with van der Waals surface area (Å²) in [7, 11) is 0. The van der Waals surface area contributed by atoms with Crippen LogP contribution in [0.5, 0.6) is 0 Å². The molecular formula is C16H20BrClN4O. The molecule has 1 aromatic heterocycles. The predicted molar refractivity (Wildman–Crippen MR) is 96.4 cm³/mol. The van der Waals surface area contributed by atoms with Gasteiger partial charge in [0.1, 0.15) is 0 Å². The summed E-state index contributed by atoms with van der Waals surface area (Å²) in [5.41, 5.74) is 8.48. The largest absolute Gasteiger partial charge is 0.337 e. The van der Waals surface area contributed by atoms with Gasteiger partial charge in [0, 0.05) is 23.6 Å². The van der Waals surface area contributed by atoms with Crippen LogP contribution in [0.25, 0.3) is 5.69 Å². The van der Waals surface area contributed by atoms with Crippen LogP contribution in [0.2, 0.25) is 0 Å². The highest BCUT2D eigenvalue weighted by Crippen LogP contribution is 2.21. The molecule has 0 saturated carbocycles. The van der Waals surface area contributed by atoms with E-state index in [1.165, 1.54) is 0 Å². The molecule has 3 rings (SSSR count). The lowest BCUT2D eigenvalue weighted by Crippen LogP contribution is -2.32. The fourth-order valence-corrected chi connectivity index (χ4v) is 3.10. The molecule has 0 aliphatic carbocycles. The summed E-state index contributed by atoms with van der Waals surface area (Å²) in [5.74, 6) is 0.0353. The van der Waals surface area contributed by atoms with Gasteiger partial charge in [0.15, 0.2) is 0 Å². The minimum Gasteiger partial charge on any atom is -0.337 e. The summed E-state index contributed by atoms with van der Waals surface area (Å²) in [6.45, 7) is 3.40. The maximum atomic E-state index is 12.7. The fourth-order valence-electron chi connectivity index (χ4n) is 2.84. The van der Waals surface area contributed by atoms with E-state index in [0.717, 1.165) is 35.2 Å². The van der Waals surface area contributed by atoms with E-state index in [2.05, 4.69) is 21.0 Å². The Hall–Kier alpha value is -1.37. The summed E-state index contributed by atoms with van der Waals surface area (Å²) >= 11 is 3.43. The highest BCUT2D eigenvalue weighted by atomic mass is 79.9. The predicted octanol–water partition coefficient (Wildman–Crippen LogP) is 2.79. The van der Waals surface area contributed by atoms with Crippen molar-refractivity contribution in [2.24, 2.45) is 5.73 Å². The lowest BCUT2D eigenvalue weighted by molar-refractivity contribution is 0.0790. The summed E-state index contributed by atoms with van der Waals surface area (Å²) < 4.78 is 2.86. The molecule has 23 heavy (non-hydrogen) atoms. The van der Waals surface area contributed by atoms with Crippen molar-refractivity contribution in [3.63, 3.8) is 0 Å². The first kappa shape index (κ1) is 18.0. The van der Waals surface area contributed by atoms with Crippen molar-refractivity contribution in [1.29, 1.82) is 0 Å². The van der Waals surface area contributed by atoms with Gasteiger partial charge in [-0.15, -0.1) is 12.4 Å². The van der Waals surface area contributed by atoms with E-state index in [0.29, 0.717) is 12.1 Å². The molecule has 0 spiro atoms. The molecule has 0 bridgehead atoms. The van der Waals surface area contributed by atoms with Gasteiger partial charge >= 0.3 is 0 Å². The Morgan fingerprint density at radius 1 is 1.39 bits per heavy atom. The van der Waals surface area contributed by atoms with Gasteiger partial charge in [0.05, 0.1) is 23.1 Å². The number of rotatable bonds is 3. The molecule has 7 heteroatoms. The smallest absolute Gasteiger partial charge is 0.257 e. The Bertz CT molecular complexity index is 686. The number of aromatic nitrogens is 2. The van der Waals surface area contributed by atoms with E-state index in [4.69, 9.17) is 5.73 Å². The van der Waals surface area contributed by atoms with E-state index >= 15 is 0 Å². The van der Waals surface area contributed by atoms with E-state index in [1.54, 1.807) is 6.20 Å². The number of likely N-dealkylation sites (tertiary alicyclic amines) is 1. The number of hydrogen-bond donors (Lipinski definition) is 1. The lowest BCUT2D eigenvalue weighted by atomic mass is 10.1. The van der Waals surface area contributed by atoms with Gasteiger partial charge in [0.2, 0.25) is 0 Å². The molecule has 124 valence electrons. The summed E-state index contributed by atoms with van der Waals surface area (Å²) in [4.78, 5) is 14.5. The van der Waals surface area contributed by atoms with Gasteiger partial charge in [0.25, 0.3) is 5.91 Å². The molecule has 1 aliphatic heterocycles. The monoisotopic (exact) mass is 398 g/mol. The first-order valence-corrected chi connectivity index (χ1v) is 8.27. The van der Waals surface area contributed by atoms with Crippen LogP contribution in [0.4, 0.5) is 0 Å². The Morgan fingerprint density at radius 3 is 2.65 bits per heavy atom. The Labute approximate surface area is 150 Å². The summed E-state index contributed by atoms with van der Waals surface area (Å²) in [6.07, 6.45) is 3.29. The molecule has 0 radical (unpaired) electrons. The van der Waals surface area contributed by atoms with Crippen molar-refractivity contribution in [3.05, 3.63) is 46.2 Å². The molecule has 2 N–H and O–H groups in total. The highest BCUT2D eigenvalue weighted by Gasteiger charge is 2.27. The van der Waals surface area contributed by atoms with Gasteiger partial charge in [-0.3, -0.25) is 4.79 Å². The molecule has 1 amide bonds. The number of nitrogens with two attached hydrogens (primary N) is 1. The van der Waals surface area contributed by atoms with Crippen LogP contribution in [0.3, 0.4) is 0 Å². The van der Waals surface area contributed by atoms with Gasteiger partial charge < -0.3 is 10.6 Å². The van der Waals surface area contributed by atoms with Crippen LogP contribution in [0.15, 0.2) is 34.9 Å². The van der Waals surface area contributed by atoms with Crippen molar-refractivity contribution in [1.82, 2.24) is 14.7 Å². The number of nitrogens with zero attached hydrogens (tertiary/aromatic N) is 3. The second kappa shape index (κ2) is 7.47. The maximum Gasteiger partial charge on any atom is 0.257 e. The highest BCUT2D eigenvalue weighted by molar-refractivity contribution is 9.10. The number of benzene rings is 1. The topological polar surface area (TPSA) is 64.2 Å². The van der Waals surface area contributed by atoms with Crippen LogP contribution in [0.1, 0.15) is 29.4 Å². The molecule has 5 nitrogen and oxygen atoms in total. The molecule has 0 unspecified atom stereocenters. The van der Waals surface area contributed by atoms with Crippen LogP contribution in [0, 0.1) is 0 Å². The van der Waals surface area contributed by atoms with Gasteiger partial charge in [-0.25, -0.2) is 4.68 Å². The first-order chi connectivity index (χ1) is 10.6. The number of carbonyl (C=O) groups is 1. The number of carbonyl (C=O) groups excluding carboxylic acids is 1. The molecule has 2 aromatic rings. The molecule has 1 saturated heterocycles. The quantitative estimate of drug-likeness (QED) is 0.863. The normalized spacial score (nSPS) is 17.2. The molecule has 1 atom stereocenters. The molecule has 1 aliphatic rings. The number of halogens is 2. The Morgan fingerprint density at radius 2 is 2.09 bits per heavy atom. The van der Waals surface area contributed by atoms with Crippen LogP contribution in [-0.2, 0) is 6.42 Å². The van der Waals surface area contributed by atoms with Crippen molar-refractivity contribution in [2.75, 3.05) is 13.1 Å². The third-order valence-corrected chi connectivity index (χ3v) is 4.55. The fraction of sp³-hybridized carbons (Fsp3) is 0.375. The number of amides is 1. The Kier molecular flexibility index (Phi) is 5.84. The van der Waals surface area contributed by atoms with Crippen molar-refractivity contribution < 1.29 is 4.79 Å². The van der Waals surface area contributed by atoms with Gasteiger partial charge in [-0.05, 0) is 37.1 Å². The molecule has 1 fully saturated rings. The SMILES string of the molecule is CCc1c(C(=O)N2CC[C@@H](N)C2)cnn1-c1ccc(Br)cc1.Cl. The minimum atomic E-state index is 0. The standard InChI is InChI=1S/C16H19BrN4O.ClH/c1-2-15-14(16(22)20-8-7-12(18)10-20)9-19-21(15)13-5-3-11(17)4-6-13;/h3-6,9,12H,2,7-8,10,18H2,1H3;1H/t12-;/m1./s1. The van der Waals surface area contributed by atoms with Gasteiger partial charge in [-0.1, -0.05) is 22.9 Å². The molecular weight excluding hydrogens is 380 g/mol. The van der Waals surface area contributed by atoms with E-state index in [1.807, 2.05) is 40.8 Å². The summed E-state index contributed by atoms with van der Waals surface area (Å²) in [5, 5.41) is 4.42. The van der Waals surface area contributed by atoms with E-state index in [9.17, 15) is 4.79 Å².